The highest BCUT2D eigenvalue weighted by molar-refractivity contribution is 5.83. The van der Waals surface area contributed by atoms with Crippen molar-refractivity contribution in [3.05, 3.63) is 0 Å². The zero-order valence-corrected chi connectivity index (χ0v) is 5.64. The van der Waals surface area contributed by atoms with Crippen LogP contribution in [0.3, 0.4) is 0 Å². The van der Waals surface area contributed by atoms with Crippen LogP contribution in [-0.2, 0) is 4.84 Å². The standard InChI is InChI=1S/C5H6F3NO2/c1-3-2-4(10,11-9-3)5(6,7)8/h10H,2H2,1H3/t4-/m1/s1. The van der Waals surface area contributed by atoms with Crippen LogP contribution in [0.5, 0.6) is 0 Å². The lowest BCUT2D eigenvalue weighted by Gasteiger charge is -2.22. The van der Waals surface area contributed by atoms with Gasteiger partial charge in [0, 0.05) is 0 Å². The third-order valence-electron chi connectivity index (χ3n) is 1.29. The van der Waals surface area contributed by atoms with Crippen molar-refractivity contribution in [2.75, 3.05) is 0 Å². The van der Waals surface area contributed by atoms with E-state index in [0.717, 1.165) is 0 Å². The van der Waals surface area contributed by atoms with Gasteiger partial charge >= 0.3 is 12.0 Å². The van der Waals surface area contributed by atoms with Gasteiger partial charge in [-0.15, -0.1) is 0 Å². The van der Waals surface area contributed by atoms with E-state index >= 15 is 0 Å². The van der Waals surface area contributed by atoms with Gasteiger partial charge in [0.2, 0.25) is 0 Å². The summed E-state index contributed by atoms with van der Waals surface area (Å²) in [5.74, 6) is -3.10. The molecule has 0 saturated heterocycles. The molecule has 1 N–H and O–H groups in total. The van der Waals surface area contributed by atoms with Crippen LogP contribution in [0, 0.1) is 0 Å². The van der Waals surface area contributed by atoms with Gasteiger partial charge in [-0.2, -0.15) is 13.2 Å². The van der Waals surface area contributed by atoms with Crippen molar-refractivity contribution < 1.29 is 23.1 Å². The first kappa shape index (κ1) is 8.32. The number of nitrogens with zero attached hydrogens (tertiary/aromatic N) is 1. The highest BCUT2D eigenvalue weighted by Gasteiger charge is 2.59. The SMILES string of the molecule is CC1=NO[C@@](O)(C(F)(F)F)C1. The van der Waals surface area contributed by atoms with Crippen molar-refractivity contribution in [1.82, 2.24) is 0 Å². The molecule has 0 unspecified atom stereocenters. The predicted molar refractivity (Wildman–Crippen MR) is 29.8 cm³/mol. The minimum atomic E-state index is -4.78. The smallest absolute Gasteiger partial charge is 0.350 e. The number of halogens is 3. The van der Waals surface area contributed by atoms with E-state index in [2.05, 4.69) is 9.99 Å². The second-order valence-corrected chi connectivity index (χ2v) is 2.38. The Hall–Kier alpha value is -0.780. The molecule has 1 heterocycles. The molecule has 3 nitrogen and oxygen atoms in total. The van der Waals surface area contributed by atoms with E-state index in [1.807, 2.05) is 0 Å². The van der Waals surface area contributed by atoms with Crippen LogP contribution < -0.4 is 0 Å². The van der Waals surface area contributed by atoms with E-state index in [1.165, 1.54) is 6.92 Å². The topological polar surface area (TPSA) is 41.8 Å². The zero-order valence-electron chi connectivity index (χ0n) is 5.64. The van der Waals surface area contributed by atoms with Crippen molar-refractivity contribution in [2.24, 2.45) is 5.16 Å². The van der Waals surface area contributed by atoms with Gasteiger partial charge < -0.3 is 9.94 Å². The molecule has 0 aliphatic carbocycles. The van der Waals surface area contributed by atoms with Crippen molar-refractivity contribution in [2.45, 2.75) is 25.3 Å². The molecule has 1 aliphatic rings. The molecule has 0 bridgehead atoms. The number of hydrogen-bond donors (Lipinski definition) is 1. The van der Waals surface area contributed by atoms with Gasteiger partial charge in [-0.3, -0.25) is 0 Å². The van der Waals surface area contributed by atoms with Crippen LogP contribution in [-0.4, -0.2) is 22.8 Å². The Kier molecular flexibility index (Phi) is 1.59. The van der Waals surface area contributed by atoms with Gasteiger partial charge in [-0.1, -0.05) is 5.16 Å². The fraction of sp³-hybridized carbons (Fsp3) is 0.800. The van der Waals surface area contributed by atoms with E-state index in [0.29, 0.717) is 0 Å². The summed E-state index contributed by atoms with van der Waals surface area (Å²) in [6.45, 7) is 1.35. The van der Waals surface area contributed by atoms with E-state index < -0.39 is 18.4 Å². The molecule has 1 atom stereocenters. The van der Waals surface area contributed by atoms with Crippen molar-refractivity contribution >= 4 is 5.71 Å². The van der Waals surface area contributed by atoms with Crippen LogP contribution in [0.15, 0.2) is 5.16 Å². The van der Waals surface area contributed by atoms with Crippen molar-refractivity contribution in [3.8, 4) is 0 Å². The molecule has 0 radical (unpaired) electrons. The Morgan fingerprint density at radius 3 is 2.36 bits per heavy atom. The lowest BCUT2D eigenvalue weighted by molar-refractivity contribution is -0.355. The summed E-state index contributed by atoms with van der Waals surface area (Å²) < 4.78 is 35.6. The first-order valence-electron chi connectivity index (χ1n) is 2.86. The van der Waals surface area contributed by atoms with Gasteiger partial charge in [0.05, 0.1) is 12.1 Å². The maximum absolute atomic E-state index is 11.9. The molecule has 6 heteroatoms. The van der Waals surface area contributed by atoms with E-state index in [1.54, 1.807) is 0 Å². The molecule has 0 aromatic heterocycles. The van der Waals surface area contributed by atoms with Crippen molar-refractivity contribution in [3.63, 3.8) is 0 Å². The largest absolute Gasteiger partial charge is 0.458 e. The fourth-order valence-electron chi connectivity index (χ4n) is 0.717. The minimum Gasteiger partial charge on any atom is -0.350 e. The van der Waals surface area contributed by atoms with E-state index in [9.17, 15) is 13.2 Å². The third-order valence-corrected chi connectivity index (χ3v) is 1.29. The van der Waals surface area contributed by atoms with Gasteiger partial charge in [0.1, 0.15) is 0 Å². The molecule has 0 fully saturated rings. The summed E-state index contributed by atoms with van der Waals surface area (Å²) >= 11 is 0. The van der Waals surface area contributed by atoms with Crippen LogP contribution in [0.2, 0.25) is 0 Å². The van der Waals surface area contributed by atoms with Crippen LogP contribution in [0.1, 0.15) is 13.3 Å². The molecular formula is C5H6F3NO2. The molecule has 64 valence electrons. The molecule has 0 spiro atoms. The summed E-state index contributed by atoms with van der Waals surface area (Å²) in [7, 11) is 0. The Bertz CT molecular complexity index is 200. The molecule has 1 aliphatic heterocycles. The molecule has 1 rings (SSSR count). The predicted octanol–water partition coefficient (Wildman–Crippen LogP) is 1.03. The second-order valence-electron chi connectivity index (χ2n) is 2.38. The molecule has 0 saturated carbocycles. The summed E-state index contributed by atoms with van der Waals surface area (Å²) in [5.41, 5.74) is 0.129. The first-order chi connectivity index (χ1) is 4.85. The number of rotatable bonds is 0. The summed E-state index contributed by atoms with van der Waals surface area (Å²) in [6, 6.07) is 0. The Morgan fingerprint density at radius 2 is 2.18 bits per heavy atom. The monoisotopic (exact) mass is 169 g/mol. The van der Waals surface area contributed by atoms with Gasteiger partial charge in [0.15, 0.2) is 0 Å². The van der Waals surface area contributed by atoms with Gasteiger partial charge in [-0.05, 0) is 6.92 Å². The lowest BCUT2D eigenvalue weighted by Crippen LogP contribution is -2.45. The molecule has 11 heavy (non-hydrogen) atoms. The summed E-state index contributed by atoms with van der Waals surface area (Å²) in [5, 5.41) is 11.7. The lowest BCUT2D eigenvalue weighted by atomic mass is 10.1. The maximum Gasteiger partial charge on any atom is 0.458 e. The maximum atomic E-state index is 11.9. The Morgan fingerprint density at radius 1 is 1.64 bits per heavy atom. The van der Waals surface area contributed by atoms with Crippen molar-refractivity contribution in [1.29, 1.82) is 0 Å². The first-order valence-corrected chi connectivity index (χ1v) is 2.86. The average molecular weight is 169 g/mol. The summed E-state index contributed by atoms with van der Waals surface area (Å²) in [4.78, 5) is 3.84. The van der Waals surface area contributed by atoms with E-state index in [-0.39, 0.29) is 5.71 Å². The normalized spacial score (nSPS) is 31.5. The highest BCUT2D eigenvalue weighted by atomic mass is 19.4. The molecule has 0 aromatic carbocycles. The van der Waals surface area contributed by atoms with E-state index in [4.69, 9.17) is 5.11 Å². The number of aliphatic hydroxyl groups is 1. The summed E-state index contributed by atoms with van der Waals surface area (Å²) in [6.07, 6.45) is -5.40. The Labute approximate surface area is 60.4 Å². The number of oxime groups is 1. The number of alkyl halides is 3. The van der Waals surface area contributed by atoms with Gasteiger partial charge in [0.25, 0.3) is 0 Å². The molecular weight excluding hydrogens is 163 g/mol. The quantitative estimate of drug-likeness (QED) is 0.588. The number of hydrogen-bond acceptors (Lipinski definition) is 3. The van der Waals surface area contributed by atoms with Crippen LogP contribution >= 0.6 is 0 Å². The Balaban J connectivity index is 2.74. The zero-order chi connectivity index (χ0) is 8.70. The minimum absolute atomic E-state index is 0.129. The van der Waals surface area contributed by atoms with Crippen LogP contribution in [0.25, 0.3) is 0 Å². The average Bonchev–Trinajstić information content (AvgIpc) is 2.10. The third kappa shape index (κ3) is 1.30. The second kappa shape index (κ2) is 2.10. The van der Waals surface area contributed by atoms with Gasteiger partial charge in [-0.25, -0.2) is 0 Å². The highest BCUT2D eigenvalue weighted by Crippen LogP contribution is 2.37. The molecule has 0 amide bonds. The molecule has 0 aromatic rings. The fourth-order valence-corrected chi connectivity index (χ4v) is 0.717. The van der Waals surface area contributed by atoms with Crippen LogP contribution in [0.4, 0.5) is 13.2 Å².